The maximum atomic E-state index is 13.2. The summed E-state index contributed by atoms with van der Waals surface area (Å²) >= 11 is 0. The number of pyridine rings is 1. The highest BCUT2D eigenvalue weighted by molar-refractivity contribution is 6.07. The molecule has 4 heteroatoms. The molecule has 0 aliphatic heterocycles. The zero-order valence-electron chi connectivity index (χ0n) is 13.2. The van der Waals surface area contributed by atoms with E-state index in [0.717, 1.165) is 22.1 Å². The molecule has 3 aromatic rings. The number of benzene rings is 2. The van der Waals surface area contributed by atoms with Gasteiger partial charge in [0.2, 0.25) is 5.88 Å². The minimum Gasteiger partial charge on any atom is -0.481 e. The van der Waals surface area contributed by atoms with Crippen molar-refractivity contribution in [3.8, 4) is 17.0 Å². The van der Waals surface area contributed by atoms with Crippen LogP contribution in [0.15, 0.2) is 42.5 Å². The molecule has 3 nitrogen and oxygen atoms in total. The number of fused-ring (bicyclic) bond motifs is 1. The Labute approximate surface area is 133 Å². The fraction of sp³-hybridized carbons (Fsp3) is 0.158. The molecule has 0 unspecified atom stereocenters. The Kier molecular flexibility index (Phi) is 3.82. The number of Topliss-reactive ketones (excluding diaryl/α,β-unsaturated/α-hetero) is 1. The van der Waals surface area contributed by atoms with Crippen LogP contribution in [0.1, 0.15) is 22.8 Å². The Morgan fingerprint density at radius 1 is 1.13 bits per heavy atom. The number of aromatic nitrogens is 1. The third kappa shape index (κ3) is 2.80. The van der Waals surface area contributed by atoms with Crippen molar-refractivity contribution in [3.05, 3.63) is 59.4 Å². The summed E-state index contributed by atoms with van der Waals surface area (Å²) in [6.45, 7) is 3.46. The number of carbonyl (C=O) groups is 1. The topological polar surface area (TPSA) is 39.2 Å². The van der Waals surface area contributed by atoms with Crippen LogP contribution in [-0.4, -0.2) is 17.9 Å². The average molecular weight is 309 g/mol. The Morgan fingerprint density at radius 3 is 2.43 bits per heavy atom. The van der Waals surface area contributed by atoms with Gasteiger partial charge >= 0.3 is 0 Å². The fourth-order valence-electron chi connectivity index (χ4n) is 2.68. The van der Waals surface area contributed by atoms with E-state index in [4.69, 9.17) is 4.74 Å². The van der Waals surface area contributed by atoms with Crippen molar-refractivity contribution in [3.63, 3.8) is 0 Å². The maximum absolute atomic E-state index is 13.2. The van der Waals surface area contributed by atoms with Crippen molar-refractivity contribution in [1.29, 1.82) is 0 Å². The van der Waals surface area contributed by atoms with Gasteiger partial charge in [-0.2, -0.15) is 0 Å². The second-order valence-corrected chi connectivity index (χ2v) is 5.49. The van der Waals surface area contributed by atoms with Gasteiger partial charge in [-0.1, -0.05) is 12.1 Å². The van der Waals surface area contributed by atoms with Crippen molar-refractivity contribution in [2.24, 2.45) is 0 Å². The van der Waals surface area contributed by atoms with Crippen LogP contribution in [0.5, 0.6) is 5.88 Å². The lowest BCUT2D eigenvalue weighted by Gasteiger charge is -2.12. The molecule has 2 aromatic carbocycles. The van der Waals surface area contributed by atoms with Crippen molar-refractivity contribution >= 4 is 16.7 Å². The molecule has 0 N–H and O–H groups in total. The van der Waals surface area contributed by atoms with Crippen LogP contribution in [-0.2, 0) is 0 Å². The van der Waals surface area contributed by atoms with Crippen LogP contribution in [0.25, 0.3) is 22.0 Å². The van der Waals surface area contributed by atoms with E-state index >= 15 is 0 Å². The van der Waals surface area contributed by atoms with Crippen LogP contribution in [0.2, 0.25) is 0 Å². The van der Waals surface area contributed by atoms with Gasteiger partial charge in [-0.15, -0.1) is 0 Å². The number of rotatable bonds is 3. The lowest BCUT2D eigenvalue weighted by Crippen LogP contribution is -1.99. The lowest BCUT2D eigenvalue weighted by molar-refractivity contribution is 0.101. The van der Waals surface area contributed by atoms with Crippen molar-refractivity contribution in [1.82, 2.24) is 4.98 Å². The summed E-state index contributed by atoms with van der Waals surface area (Å²) in [5.74, 6) is 0.126. The first-order valence-electron chi connectivity index (χ1n) is 7.26. The van der Waals surface area contributed by atoms with Gasteiger partial charge in [0.15, 0.2) is 5.78 Å². The van der Waals surface area contributed by atoms with E-state index in [2.05, 4.69) is 4.98 Å². The number of aryl methyl sites for hydroxylation is 1. The predicted molar refractivity (Wildman–Crippen MR) is 88.4 cm³/mol. The first kappa shape index (κ1) is 15.2. The highest BCUT2D eigenvalue weighted by Crippen LogP contribution is 2.33. The molecule has 0 spiro atoms. The van der Waals surface area contributed by atoms with Crippen LogP contribution in [0.4, 0.5) is 4.39 Å². The lowest BCUT2D eigenvalue weighted by atomic mass is 9.98. The summed E-state index contributed by atoms with van der Waals surface area (Å²) in [7, 11) is 1.54. The number of ketones is 1. The molecular weight excluding hydrogens is 293 g/mol. The molecule has 0 saturated heterocycles. The number of nitrogens with zero attached hydrogens (tertiary/aromatic N) is 1. The molecule has 0 amide bonds. The Hall–Kier alpha value is -2.75. The molecule has 1 heterocycles. The zero-order chi connectivity index (χ0) is 16.6. The number of hydrogen-bond donors (Lipinski definition) is 0. The second-order valence-electron chi connectivity index (χ2n) is 5.49. The van der Waals surface area contributed by atoms with E-state index in [9.17, 15) is 9.18 Å². The summed E-state index contributed by atoms with van der Waals surface area (Å²) in [5.41, 5.74) is 3.81. The summed E-state index contributed by atoms with van der Waals surface area (Å²) in [6.07, 6.45) is 0. The minimum absolute atomic E-state index is 0.0178. The van der Waals surface area contributed by atoms with E-state index in [-0.39, 0.29) is 11.6 Å². The van der Waals surface area contributed by atoms with E-state index < -0.39 is 0 Å². The molecule has 0 aliphatic carbocycles. The van der Waals surface area contributed by atoms with Crippen molar-refractivity contribution in [2.75, 3.05) is 7.11 Å². The monoisotopic (exact) mass is 309 g/mol. The van der Waals surface area contributed by atoms with Crippen LogP contribution < -0.4 is 4.74 Å². The molecule has 23 heavy (non-hydrogen) atoms. The van der Waals surface area contributed by atoms with Crippen molar-refractivity contribution in [2.45, 2.75) is 13.8 Å². The second kappa shape index (κ2) is 5.80. The first-order chi connectivity index (χ1) is 11.0. The van der Waals surface area contributed by atoms with Crippen molar-refractivity contribution < 1.29 is 13.9 Å². The molecule has 0 bridgehead atoms. The number of carbonyl (C=O) groups excluding carboxylic acids is 1. The van der Waals surface area contributed by atoms with E-state index in [1.54, 1.807) is 19.2 Å². The molecule has 0 radical (unpaired) electrons. The third-order valence-electron chi connectivity index (χ3n) is 3.77. The number of halogens is 1. The minimum atomic E-state index is -0.304. The highest BCUT2D eigenvalue weighted by atomic mass is 19.1. The fourth-order valence-corrected chi connectivity index (χ4v) is 2.68. The first-order valence-corrected chi connectivity index (χ1v) is 7.26. The van der Waals surface area contributed by atoms with Gasteiger partial charge in [-0.05, 0) is 55.3 Å². The molecule has 0 saturated carbocycles. The summed E-state index contributed by atoms with van der Waals surface area (Å²) in [4.78, 5) is 16.5. The number of hydrogen-bond acceptors (Lipinski definition) is 3. The van der Waals surface area contributed by atoms with E-state index in [0.29, 0.717) is 17.0 Å². The SMILES string of the molecule is COc1nc2cc(C)cc(C(C)=O)c2cc1-c1ccc(F)cc1. The zero-order valence-corrected chi connectivity index (χ0v) is 13.2. The molecule has 0 atom stereocenters. The predicted octanol–water partition coefficient (Wildman–Crippen LogP) is 4.56. The Morgan fingerprint density at radius 2 is 1.83 bits per heavy atom. The van der Waals surface area contributed by atoms with Gasteiger partial charge in [0.25, 0.3) is 0 Å². The van der Waals surface area contributed by atoms with Gasteiger partial charge in [0.05, 0.1) is 12.6 Å². The largest absolute Gasteiger partial charge is 0.481 e. The molecule has 116 valence electrons. The van der Waals surface area contributed by atoms with Crippen LogP contribution in [0.3, 0.4) is 0 Å². The number of methoxy groups -OCH3 is 1. The van der Waals surface area contributed by atoms with Gasteiger partial charge in [0.1, 0.15) is 5.82 Å². The summed E-state index contributed by atoms with van der Waals surface area (Å²) < 4.78 is 18.5. The highest BCUT2D eigenvalue weighted by Gasteiger charge is 2.14. The maximum Gasteiger partial charge on any atom is 0.221 e. The van der Waals surface area contributed by atoms with Crippen LogP contribution in [0, 0.1) is 12.7 Å². The van der Waals surface area contributed by atoms with Gasteiger partial charge in [-0.25, -0.2) is 9.37 Å². The molecule has 0 aliphatic rings. The standard InChI is InChI=1S/C19H16FNO2/c1-11-8-15(12(2)22)17-10-16(13-4-6-14(20)7-5-13)19(23-3)21-18(17)9-11/h4-10H,1-3H3. The third-order valence-corrected chi connectivity index (χ3v) is 3.77. The van der Waals surface area contributed by atoms with Crippen LogP contribution >= 0.6 is 0 Å². The molecular formula is C19H16FNO2. The van der Waals surface area contributed by atoms with E-state index in [1.807, 2.05) is 25.1 Å². The normalized spacial score (nSPS) is 10.8. The Bertz CT molecular complexity index is 901. The average Bonchev–Trinajstić information content (AvgIpc) is 2.53. The van der Waals surface area contributed by atoms with Gasteiger partial charge < -0.3 is 4.74 Å². The number of ether oxygens (including phenoxy) is 1. The van der Waals surface area contributed by atoms with E-state index in [1.165, 1.54) is 19.1 Å². The quantitative estimate of drug-likeness (QED) is 0.666. The molecule has 3 rings (SSSR count). The van der Waals surface area contributed by atoms with Gasteiger partial charge in [-0.3, -0.25) is 4.79 Å². The molecule has 0 fully saturated rings. The summed E-state index contributed by atoms with van der Waals surface area (Å²) in [6, 6.07) is 11.8. The summed E-state index contributed by atoms with van der Waals surface area (Å²) in [5, 5.41) is 0.767. The van der Waals surface area contributed by atoms with Gasteiger partial charge in [0, 0.05) is 16.5 Å². The molecule has 1 aromatic heterocycles. The Balaban J connectivity index is 2.33. The smallest absolute Gasteiger partial charge is 0.221 e.